The largest absolute Gasteiger partial charge is 0.483 e. The van der Waals surface area contributed by atoms with E-state index in [9.17, 15) is 18.8 Å². The zero-order valence-corrected chi connectivity index (χ0v) is 25.1. The molecule has 3 aromatic carbocycles. The summed E-state index contributed by atoms with van der Waals surface area (Å²) in [6.45, 7) is 0.899. The number of aromatic nitrogens is 1. The van der Waals surface area contributed by atoms with Crippen molar-refractivity contribution in [2.24, 2.45) is 0 Å². The lowest BCUT2D eigenvalue weighted by Crippen LogP contribution is -2.61. The first-order valence-corrected chi connectivity index (χ1v) is 15.0. The molecule has 1 spiro atoms. The smallest absolute Gasteiger partial charge is 0.274 e. The van der Waals surface area contributed by atoms with Gasteiger partial charge < -0.3 is 18.9 Å². The van der Waals surface area contributed by atoms with Gasteiger partial charge in [-0.2, -0.15) is 0 Å². The Kier molecular flexibility index (Phi) is 8.38. The average Bonchev–Trinajstić information content (AvgIpc) is 3.02. The molecule has 1 saturated carbocycles. The van der Waals surface area contributed by atoms with Crippen LogP contribution in [0.3, 0.4) is 0 Å². The number of Topliss-reactive ketones (excluding diaryl/α,β-unsaturated/α-hetero) is 1. The fraction of sp³-hybridized carbons (Fsp3) is 0.286. The summed E-state index contributed by atoms with van der Waals surface area (Å²) >= 11 is 5.93. The molecule has 226 valence electrons. The fourth-order valence-corrected chi connectivity index (χ4v) is 6.34. The maximum absolute atomic E-state index is 14.5. The summed E-state index contributed by atoms with van der Waals surface area (Å²) in [7, 11) is 1.70. The van der Waals surface area contributed by atoms with Crippen LogP contribution in [0, 0.1) is 5.82 Å². The van der Waals surface area contributed by atoms with Crippen molar-refractivity contribution in [2.45, 2.75) is 50.5 Å². The molecule has 1 aromatic heterocycles. The SMILES string of the molecule is CN1CC2(CC(OCc3ccccc3)C2)n2cc(C(=O)CCc3cccc(Cl)c3F)c(=O)c(OCc3ccccc3)c2C1=O. The highest BCUT2D eigenvalue weighted by molar-refractivity contribution is 6.30. The van der Waals surface area contributed by atoms with Crippen LogP contribution in [0.25, 0.3) is 0 Å². The summed E-state index contributed by atoms with van der Waals surface area (Å²) in [4.78, 5) is 42.7. The second-order valence-electron chi connectivity index (χ2n) is 11.5. The number of fused-ring (bicyclic) bond motifs is 2. The molecule has 2 aliphatic rings. The average molecular weight is 615 g/mol. The summed E-state index contributed by atoms with van der Waals surface area (Å²) in [5, 5.41) is -0.0287. The van der Waals surface area contributed by atoms with Crippen LogP contribution in [0.4, 0.5) is 4.39 Å². The summed E-state index contributed by atoms with van der Waals surface area (Å²) in [5.41, 5.74) is 0.959. The maximum Gasteiger partial charge on any atom is 0.274 e. The molecule has 0 atom stereocenters. The van der Waals surface area contributed by atoms with Crippen LogP contribution in [0.5, 0.6) is 5.75 Å². The monoisotopic (exact) mass is 614 g/mol. The molecule has 4 aromatic rings. The highest BCUT2D eigenvalue weighted by Gasteiger charge is 2.52. The van der Waals surface area contributed by atoms with Crippen molar-refractivity contribution >= 4 is 23.3 Å². The fourth-order valence-electron chi connectivity index (χ4n) is 6.14. The standard InChI is InChI=1S/C35H32ClFN2O5/c1-38-22-35(17-26(18-35)43-20-23-9-4-2-5-10-23)39-19-27(29(40)16-15-25-13-8-14-28(36)30(25)37)32(41)33(31(39)34(38)42)44-21-24-11-6-3-7-12-24/h2-14,19,26H,15-18,20-22H2,1H3. The topological polar surface area (TPSA) is 77.8 Å². The van der Waals surface area contributed by atoms with E-state index < -0.39 is 22.6 Å². The quantitative estimate of drug-likeness (QED) is 0.199. The van der Waals surface area contributed by atoms with E-state index in [-0.39, 0.29) is 59.1 Å². The Morgan fingerprint density at radius 2 is 1.61 bits per heavy atom. The van der Waals surface area contributed by atoms with E-state index in [2.05, 4.69) is 0 Å². The Morgan fingerprint density at radius 3 is 2.30 bits per heavy atom. The van der Waals surface area contributed by atoms with Crippen molar-refractivity contribution in [3.63, 3.8) is 0 Å². The van der Waals surface area contributed by atoms with Crippen LogP contribution >= 0.6 is 11.6 Å². The van der Waals surface area contributed by atoms with Crippen molar-refractivity contribution in [3.05, 3.63) is 134 Å². The van der Waals surface area contributed by atoms with Crippen LogP contribution in [0.1, 0.15) is 56.8 Å². The van der Waals surface area contributed by atoms with Gasteiger partial charge in [-0.05, 0) is 42.0 Å². The molecule has 1 aliphatic heterocycles. The number of benzene rings is 3. The van der Waals surface area contributed by atoms with Crippen molar-refractivity contribution in [1.29, 1.82) is 0 Å². The van der Waals surface area contributed by atoms with E-state index >= 15 is 0 Å². The van der Waals surface area contributed by atoms with Crippen molar-refractivity contribution in [1.82, 2.24) is 9.47 Å². The van der Waals surface area contributed by atoms with Crippen molar-refractivity contribution in [2.75, 3.05) is 13.6 Å². The second kappa shape index (κ2) is 12.4. The van der Waals surface area contributed by atoms with Crippen molar-refractivity contribution < 1.29 is 23.5 Å². The molecular formula is C35H32ClFN2O5. The lowest BCUT2D eigenvalue weighted by molar-refractivity contribution is -0.0929. The molecule has 9 heteroatoms. The Labute approximate surface area is 259 Å². The van der Waals surface area contributed by atoms with Gasteiger partial charge in [0.15, 0.2) is 17.2 Å². The van der Waals surface area contributed by atoms with Gasteiger partial charge in [-0.3, -0.25) is 14.4 Å². The predicted octanol–water partition coefficient (Wildman–Crippen LogP) is 6.20. The zero-order valence-electron chi connectivity index (χ0n) is 24.3. The van der Waals surface area contributed by atoms with Crippen LogP contribution in [-0.4, -0.2) is 40.9 Å². The number of halogens is 2. The molecule has 1 aliphatic carbocycles. The molecule has 0 radical (unpaired) electrons. The Balaban J connectivity index is 1.34. The third-order valence-electron chi connectivity index (χ3n) is 8.48. The molecular weight excluding hydrogens is 583 g/mol. The Bertz CT molecular complexity index is 1750. The van der Waals surface area contributed by atoms with Crippen LogP contribution in [-0.2, 0) is 29.9 Å². The number of hydrogen-bond donors (Lipinski definition) is 0. The highest BCUT2D eigenvalue weighted by Crippen LogP contribution is 2.46. The molecule has 0 N–H and O–H groups in total. The molecule has 44 heavy (non-hydrogen) atoms. The van der Waals surface area contributed by atoms with Crippen LogP contribution in [0.15, 0.2) is 89.9 Å². The van der Waals surface area contributed by atoms with Gasteiger partial charge in [0.2, 0.25) is 5.43 Å². The lowest BCUT2D eigenvalue weighted by atomic mass is 9.72. The minimum atomic E-state index is -0.654. The third-order valence-corrected chi connectivity index (χ3v) is 8.77. The minimum Gasteiger partial charge on any atom is -0.483 e. The van der Waals surface area contributed by atoms with Gasteiger partial charge in [-0.25, -0.2) is 4.39 Å². The number of carbonyl (C=O) groups excluding carboxylic acids is 2. The Hall–Kier alpha value is -4.27. The van der Waals surface area contributed by atoms with Crippen LogP contribution in [0.2, 0.25) is 5.02 Å². The summed E-state index contributed by atoms with van der Waals surface area (Å²) in [6.07, 6.45) is 2.56. The van der Waals surface area contributed by atoms with E-state index in [1.54, 1.807) is 28.6 Å². The van der Waals surface area contributed by atoms with Crippen molar-refractivity contribution in [3.8, 4) is 5.75 Å². The van der Waals surface area contributed by atoms with Gasteiger partial charge in [-0.15, -0.1) is 0 Å². The van der Waals surface area contributed by atoms with E-state index in [0.717, 1.165) is 11.1 Å². The van der Waals surface area contributed by atoms with Gasteiger partial charge in [0.1, 0.15) is 12.4 Å². The van der Waals surface area contributed by atoms with Gasteiger partial charge >= 0.3 is 0 Å². The number of hydrogen-bond acceptors (Lipinski definition) is 5. The number of carbonyl (C=O) groups is 2. The first-order chi connectivity index (χ1) is 21.3. The minimum absolute atomic E-state index is 0.0287. The zero-order chi connectivity index (χ0) is 30.8. The molecule has 0 saturated heterocycles. The maximum atomic E-state index is 14.5. The predicted molar refractivity (Wildman–Crippen MR) is 165 cm³/mol. The normalized spacial score (nSPS) is 19.0. The first-order valence-electron chi connectivity index (χ1n) is 14.6. The van der Waals surface area contributed by atoms with E-state index in [4.69, 9.17) is 21.1 Å². The number of ketones is 1. The molecule has 0 unspecified atom stereocenters. The number of pyridine rings is 1. The number of rotatable bonds is 10. The third kappa shape index (κ3) is 5.79. The molecule has 2 heterocycles. The van der Waals surface area contributed by atoms with Crippen LogP contribution < -0.4 is 10.2 Å². The second-order valence-corrected chi connectivity index (χ2v) is 11.9. The molecule has 0 bridgehead atoms. The van der Waals surface area contributed by atoms with Gasteiger partial charge in [0.05, 0.1) is 28.8 Å². The molecule has 7 nitrogen and oxygen atoms in total. The molecule has 6 rings (SSSR count). The number of amides is 1. The van der Waals surface area contributed by atoms with E-state index in [1.807, 2.05) is 60.7 Å². The lowest BCUT2D eigenvalue weighted by Gasteiger charge is -2.53. The summed E-state index contributed by atoms with van der Waals surface area (Å²) < 4.78 is 28.6. The van der Waals surface area contributed by atoms with Gasteiger partial charge in [0.25, 0.3) is 5.91 Å². The number of aryl methyl sites for hydroxylation is 1. The number of likely N-dealkylation sites (N-methyl/N-ethyl adjacent to an activating group) is 1. The number of nitrogens with zero attached hydrogens (tertiary/aromatic N) is 2. The molecule has 1 fully saturated rings. The Morgan fingerprint density at radius 1 is 0.955 bits per heavy atom. The van der Waals surface area contributed by atoms with Gasteiger partial charge in [-0.1, -0.05) is 84.4 Å². The summed E-state index contributed by atoms with van der Waals surface area (Å²) in [6, 6.07) is 23.8. The first kappa shape index (κ1) is 29.8. The molecule has 1 amide bonds. The summed E-state index contributed by atoms with van der Waals surface area (Å²) in [5.74, 6) is -1.56. The number of ether oxygens (including phenoxy) is 2. The highest BCUT2D eigenvalue weighted by atomic mass is 35.5. The van der Waals surface area contributed by atoms with E-state index in [0.29, 0.717) is 26.0 Å². The van der Waals surface area contributed by atoms with Gasteiger partial charge in [0, 0.05) is 26.2 Å². The van der Waals surface area contributed by atoms with E-state index in [1.165, 1.54) is 12.3 Å².